The van der Waals surface area contributed by atoms with E-state index < -0.39 is 11.9 Å². The molecule has 0 amide bonds. The Balaban J connectivity index is 1.86. The Labute approximate surface area is 170 Å². The molecule has 2 rings (SSSR count). The Kier molecular flexibility index (Phi) is 7.60. The average Bonchev–Trinajstić information content (AvgIpc) is 2.71. The molecule has 0 aliphatic carbocycles. The number of benzene rings is 1. The van der Waals surface area contributed by atoms with E-state index in [-0.39, 0.29) is 47.3 Å². The zero-order valence-corrected chi connectivity index (χ0v) is 16.1. The van der Waals surface area contributed by atoms with Gasteiger partial charge in [-0.05, 0) is 31.5 Å². The van der Waals surface area contributed by atoms with E-state index in [1.54, 1.807) is 0 Å². The molecule has 2 aromatic rings. The van der Waals surface area contributed by atoms with Crippen LogP contribution in [0.25, 0.3) is 16.0 Å². The summed E-state index contributed by atoms with van der Waals surface area (Å²) in [5.74, 6) is -2.29. The van der Waals surface area contributed by atoms with Gasteiger partial charge in [0.15, 0.2) is 5.78 Å². The van der Waals surface area contributed by atoms with Crippen molar-refractivity contribution in [2.45, 2.75) is 13.8 Å². The highest BCUT2D eigenvalue weighted by Gasteiger charge is 2.16. The zero-order valence-electron chi connectivity index (χ0n) is 16.1. The number of allylic oxidation sites excluding steroid dienone is 2. The number of aliphatic hydroxyl groups excluding tert-OH is 1. The van der Waals surface area contributed by atoms with Crippen LogP contribution in [-0.4, -0.2) is 46.0 Å². The quantitative estimate of drug-likeness (QED) is 0.131. The van der Waals surface area contributed by atoms with Gasteiger partial charge in [-0.3, -0.25) is 4.79 Å². The summed E-state index contributed by atoms with van der Waals surface area (Å²) in [4.78, 5) is 45.7. The van der Waals surface area contributed by atoms with Gasteiger partial charge in [0.2, 0.25) is 5.82 Å². The van der Waals surface area contributed by atoms with Gasteiger partial charge in [-0.15, -0.1) is 0 Å². The summed E-state index contributed by atoms with van der Waals surface area (Å²) >= 11 is 0. The van der Waals surface area contributed by atoms with Crippen molar-refractivity contribution in [2.75, 3.05) is 13.2 Å². The first-order valence-corrected chi connectivity index (χ1v) is 8.56. The molecule has 11 nitrogen and oxygen atoms in total. The maximum absolute atomic E-state index is 12.0. The molecular weight excluding hydrogens is 394 g/mol. The summed E-state index contributed by atoms with van der Waals surface area (Å²) < 4.78 is 9.92. The first-order valence-electron chi connectivity index (χ1n) is 8.56. The smallest absolute Gasteiger partial charge is 0.376 e. The highest BCUT2D eigenvalue weighted by atomic mass is 16.6. The number of hydrogen-bond acceptors (Lipinski definition) is 9. The van der Waals surface area contributed by atoms with Crippen LogP contribution in [0.2, 0.25) is 0 Å². The van der Waals surface area contributed by atoms with Gasteiger partial charge in [-0.1, -0.05) is 17.2 Å². The molecule has 154 valence electrons. The molecule has 0 aliphatic heterocycles. The molecule has 0 spiro atoms. The average molecular weight is 411 g/mol. The van der Waals surface area contributed by atoms with E-state index in [9.17, 15) is 19.5 Å². The lowest BCUT2D eigenvalue weighted by Crippen LogP contribution is -2.16. The first-order chi connectivity index (χ1) is 14.3. The van der Waals surface area contributed by atoms with Crippen molar-refractivity contribution >= 4 is 29.0 Å². The van der Waals surface area contributed by atoms with Crippen LogP contribution in [0, 0.1) is 0 Å². The van der Waals surface area contributed by atoms with E-state index in [1.807, 2.05) is 0 Å². The molecule has 30 heavy (non-hydrogen) atoms. The highest BCUT2D eigenvalue weighted by Crippen LogP contribution is 2.17. The molecular formula is C19H17N5O6. The third-order valence-corrected chi connectivity index (χ3v) is 3.65. The van der Waals surface area contributed by atoms with Crippen LogP contribution in [0.5, 0.6) is 0 Å². The van der Waals surface area contributed by atoms with Crippen LogP contribution in [0.4, 0.5) is 5.69 Å². The molecule has 0 unspecified atom stereocenters. The Hall–Kier alpha value is -4.24. The molecule has 1 aromatic carbocycles. The predicted octanol–water partition coefficient (Wildman–Crippen LogP) is 3.31. The Morgan fingerprint density at radius 2 is 1.57 bits per heavy atom. The number of nitrogens with zero attached hydrogens (tertiary/aromatic N) is 5. The van der Waals surface area contributed by atoms with E-state index in [0.717, 1.165) is 0 Å². The Bertz CT molecular complexity index is 1020. The molecule has 0 aliphatic rings. The third kappa shape index (κ3) is 5.88. The summed E-state index contributed by atoms with van der Waals surface area (Å²) in [5.41, 5.74) is 9.25. The van der Waals surface area contributed by atoms with Crippen LogP contribution in [0.1, 0.15) is 40.4 Å². The van der Waals surface area contributed by atoms with E-state index in [2.05, 4.69) is 20.0 Å². The van der Waals surface area contributed by atoms with Crippen LogP contribution in [0.15, 0.2) is 47.5 Å². The molecule has 0 bridgehead atoms. The monoisotopic (exact) mass is 411 g/mol. The fourth-order valence-electron chi connectivity index (χ4n) is 2.36. The van der Waals surface area contributed by atoms with Crippen molar-refractivity contribution in [3.63, 3.8) is 0 Å². The number of Topliss-reactive ketones (excluding diaryl/α,β-unsaturated/α-hetero) is 1. The largest absolute Gasteiger partial charge is 0.512 e. The molecule has 0 fully saturated rings. The van der Waals surface area contributed by atoms with Crippen LogP contribution < -0.4 is 0 Å². The van der Waals surface area contributed by atoms with Crippen molar-refractivity contribution in [2.24, 2.45) is 5.11 Å². The lowest BCUT2D eigenvalue weighted by molar-refractivity contribution is -0.111. The summed E-state index contributed by atoms with van der Waals surface area (Å²) in [6.45, 7) is 2.23. The fraction of sp³-hybridized carbons (Fsp3) is 0.211. The molecule has 1 N–H and O–H groups in total. The molecule has 0 atom stereocenters. The van der Waals surface area contributed by atoms with Crippen LogP contribution >= 0.6 is 0 Å². The summed E-state index contributed by atoms with van der Waals surface area (Å²) in [6.07, 6.45) is 2.44. The van der Waals surface area contributed by atoms with Gasteiger partial charge in [-0.2, -0.15) is 0 Å². The maximum atomic E-state index is 12.0. The lowest BCUT2D eigenvalue weighted by Gasteiger charge is -2.07. The second-order valence-corrected chi connectivity index (χ2v) is 5.82. The number of ketones is 1. The van der Waals surface area contributed by atoms with Crippen LogP contribution in [-0.2, 0) is 14.3 Å². The normalized spacial score (nSPS) is 11.0. The molecule has 0 saturated carbocycles. The number of aromatic nitrogens is 2. The number of azide groups is 1. The third-order valence-electron chi connectivity index (χ3n) is 3.65. The predicted molar refractivity (Wildman–Crippen MR) is 104 cm³/mol. The van der Waals surface area contributed by atoms with E-state index >= 15 is 0 Å². The topological polar surface area (TPSA) is 164 Å². The summed E-state index contributed by atoms with van der Waals surface area (Å²) in [7, 11) is 0. The van der Waals surface area contributed by atoms with Gasteiger partial charge < -0.3 is 14.6 Å². The number of hydrogen-bond donors (Lipinski definition) is 1. The molecule has 0 radical (unpaired) electrons. The molecule has 11 heteroatoms. The van der Waals surface area contributed by atoms with Gasteiger partial charge >= 0.3 is 11.9 Å². The van der Waals surface area contributed by atoms with E-state index in [4.69, 9.17) is 15.0 Å². The Morgan fingerprint density at radius 1 is 1.00 bits per heavy atom. The highest BCUT2D eigenvalue weighted by molar-refractivity contribution is 6.19. The first kappa shape index (κ1) is 22.1. The standard InChI is InChI=1S/C19H17N5O6/c1-11(25)16(12(2)26)14-9-21-17(22-10-14)19(28)30-8-7-29-18(27)13-3-5-15(6-4-13)23-24-20/h3-6,9-10,25H,7-8H2,1-2H3/b16-11+. The van der Waals surface area contributed by atoms with Gasteiger partial charge in [0.1, 0.15) is 19.0 Å². The van der Waals surface area contributed by atoms with Crippen molar-refractivity contribution in [1.29, 1.82) is 0 Å². The molecule has 1 aromatic heterocycles. The maximum Gasteiger partial charge on any atom is 0.376 e. The summed E-state index contributed by atoms with van der Waals surface area (Å²) in [5, 5.41) is 13.0. The number of esters is 2. The molecule has 1 heterocycles. The van der Waals surface area contributed by atoms with E-state index in [0.29, 0.717) is 5.69 Å². The SMILES string of the molecule is CC(=O)/C(=C(/C)O)c1cnc(C(=O)OCCOC(=O)c2ccc(N=[N+]=[N-])cc2)nc1. The van der Waals surface area contributed by atoms with Gasteiger partial charge in [0.05, 0.1) is 11.1 Å². The summed E-state index contributed by atoms with van der Waals surface area (Å²) in [6, 6.07) is 5.79. The zero-order chi connectivity index (χ0) is 22.1. The van der Waals surface area contributed by atoms with Crippen molar-refractivity contribution < 1.29 is 29.0 Å². The minimum Gasteiger partial charge on any atom is -0.512 e. The number of rotatable bonds is 8. The minimum absolute atomic E-state index is 0.0503. The second-order valence-electron chi connectivity index (χ2n) is 5.82. The fourth-order valence-corrected chi connectivity index (χ4v) is 2.36. The number of ether oxygens (including phenoxy) is 2. The number of carbonyl (C=O) groups excluding carboxylic acids is 3. The minimum atomic E-state index is -0.842. The van der Waals surface area contributed by atoms with E-state index in [1.165, 1.54) is 50.5 Å². The lowest BCUT2D eigenvalue weighted by atomic mass is 10.1. The van der Waals surface area contributed by atoms with Crippen LogP contribution in [0.3, 0.4) is 0 Å². The number of aliphatic hydroxyl groups is 1. The molecule has 0 saturated heterocycles. The Morgan fingerprint density at radius 3 is 2.07 bits per heavy atom. The van der Waals surface area contributed by atoms with Gasteiger partial charge in [0, 0.05) is 28.6 Å². The van der Waals surface area contributed by atoms with Crippen molar-refractivity contribution in [1.82, 2.24) is 9.97 Å². The second kappa shape index (κ2) is 10.3. The van der Waals surface area contributed by atoms with Crippen molar-refractivity contribution in [3.8, 4) is 0 Å². The van der Waals surface area contributed by atoms with Gasteiger partial charge in [0.25, 0.3) is 0 Å². The van der Waals surface area contributed by atoms with Crippen molar-refractivity contribution in [3.05, 3.63) is 69.8 Å². The van der Waals surface area contributed by atoms with Gasteiger partial charge in [-0.25, -0.2) is 19.6 Å². The number of carbonyl (C=O) groups is 3.